The summed E-state index contributed by atoms with van der Waals surface area (Å²) in [6.45, 7) is 3.65. The van der Waals surface area contributed by atoms with E-state index in [-0.39, 0.29) is 27.7 Å². The molecule has 1 heterocycles. The third kappa shape index (κ3) is 2.21. The van der Waals surface area contributed by atoms with Crippen LogP contribution in [0.15, 0.2) is 11.0 Å². The molecule has 102 valence electrons. The van der Waals surface area contributed by atoms with E-state index in [4.69, 9.17) is 16.3 Å². The maximum Gasteiger partial charge on any atom is 0.339 e. The maximum absolute atomic E-state index is 12.5. The van der Waals surface area contributed by atoms with Gasteiger partial charge in [-0.3, -0.25) is 4.79 Å². The monoisotopic (exact) mass is 300 g/mol. The van der Waals surface area contributed by atoms with Gasteiger partial charge in [0.05, 0.1) is 17.7 Å². The second kappa shape index (κ2) is 4.72. The summed E-state index contributed by atoms with van der Waals surface area (Å²) in [7, 11) is 1.36. The minimum absolute atomic E-state index is 0.0853. The van der Waals surface area contributed by atoms with E-state index in [1.54, 1.807) is 0 Å². The number of methoxy groups -OCH3 is 1. The first-order chi connectivity index (χ1) is 8.79. The highest BCUT2D eigenvalue weighted by atomic mass is 35.5. The summed E-state index contributed by atoms with van der Waals surface area (Å²) in [5.41, 5.74) is -0.364. The van der Waals surface area contributed by atoms with E-state index in [1.807, 2.05) is 13.8 Å². The lowest BCUT2D eigenvalue weighted by atomic mass is 9.84. The highest BCUT2D eigenvalue weighted by molar-refractivity contribution is 7.99. The zero-order valence-electron chi connectivity index (χ0n) is 10.7. The van der Waals surface area contributed by atoms with Crippen molar-refractivity contribution in [2.75, 3.05) is 12.9 Å². The summed E-state index contributed by atoms with van der Waals surface area (Å²) in [6, 6.07) is 1.33. The van der Waals surface area contributed by atoms with Gasteiger partial charge in [-0.25, -0.2) is 4.79 Å². The van der Waals surface area contributed by atoms with Gasteiger partial charge in [0.2, 0.25) is 0 Å². The molecule has 1 aromatic carbocycles. The lowest BCUT2D eigenvalue weighted by Crippen LogP contribution is -2.31. The fraction of sp³-hybridized carbons (Fsp3) is 0.385. The molecule has 0 atom stereocenters. The average molecular weight is 301 g/mol. The van der Waals surface area contributed by atoms with Crippen LogP contribution in [0.4, 0.5) is 0 Å². The molecule has 0 bridgehead atoms. The van der Waals surface area contributed by atoms with Gasteiger partial charge in [-0.05, 0) is 6.07 Å². The predicted octanol–water partition coefficient (Wildman–Crippen LogP) is 3.36. The van der Waals surface area contributed by atoms with Gasteiger partial charge >= 0.3 is 5.97 Å². The first-order valence-electron chi connectivity index (χ1n) is 5.61. The SMILES string of the molecule is COc1c(C(=O)O)cc(Cl)c2c1C(=O)C(C)(C)CS2. The van der Waals surface area contributed by atoms with Crippen LogP contribution in [0.5, 0.6) is 5.75 Å². The van der Waals surface area contributed by atoms with Gasteiger partial charge in [-0.15, -0.1) is 11.8 Å². The van der Waals surface area contributed by atoms with Crippen molar-refractivity contribution in [3.05, 3.63) is 22.2 Å². The molecule has 0 unspecified atom stereocenters. The molecule has 0 amide bonds. The Kier molecular flexibility index (Phi) is 3.53. The summed E-state index contributed by atoms with van der Waals surface area (Å²) >= 11 is 7.54. The third-order valence-corrected chi connectivity index (χ3v) is 5.03. The van der Waals surface area contributed by atoms with Gasteiger partial charge in [0.15, 0.2) is 5.78 Å². The molecule has 1 aromatic rings. The summed E-state index contributed by atoms with van der Waals surface area (Å²) < 4.78 is 5.15. The first-order valence-corrected chi connectivity index (χ1v) is 6.97. The molecular formula is C13H13ClO4S. The topological polar surface area (TPSA) is 63.6 Å². The molecule has 1 aliphatic heterocycles. The number of benzene rings is 1. The number of hydrogen-bond acceptors (Lipinski definition) is 4. The normalized spacial score (nSPS) is 16.9. The molecule has 0 fully saturated rings. The van der Waals surface area contributed by atoms with Crippen LogP contribution >= 0.6 is 23.4 Å². The fourth-order valence-corrected chi connectivity index (χ4v) is 3.52. The van der Waals surface area contributed by atoms with Gasteiger partial charge < -0.3 is 9.84 Å². The zero-order chi connectivity index (χ0) is 14.4. The molecule has 0 radical (unpaired) electrons. The third-order valence-electron chi connectivity index (χ3n) is 3.04. The summed E-state index contributed by atoms with van der Waals surface area (Å²) in [5.74, 6) is -0.600. The Balaban J connectivity index is 2.79. The van der Waals surface area contributed by atoms with Gasteiger partial charge in [-0.1, -0.05) is 25.4 Å². The Hall–Kier alpha value is -1.20. The number of carbonyl (C=O) groups excluding carboxylic acids is 1. The van der Waals surface area contributed by atoms with E-state index in [0.717, 1.165) is 0 Å². The molecule has 0 aliphatic carbocycles. The van der Waals surface area contributed by atoms with Crippen molar-refractivity contribution >= 4 is 35.1 Å². The highest BCUT2D eigenvalue weighted by Crippen LogP contribution is 2.47. The number of ether oxygens (including phenoxy) is 1. The van der Waals surface area contributed by atoms with Crippen molar-refractivity contribution in [3.8, 4) is 5.75 Å². The molecule has 4 nitrogen and oxygen atoms in total. The standard InChI is InChI=1S/C13H13ClO4S/c1-13(2)5-19-10-7(14)4-6(12(16)17)9(18-3)8(10)11(13)15/h4H,5H2,1-3H3,(H,16,17). The number of carboxylic acids is 1. The molecule has 2 rings (SSSR count). The first kappa shape index (κ1) is 14.2. The Labute approximate surface area is 120 Å². The molecule has 19 heavy (non-hydrogen) atoms. The van der Waals surface area contributed by atoms with E-state index < -0.39 is 11.4 Å². The Morgan fingerprint density at radius 1 is 1.53 bits per heavy atom. The highest BCUT2D eigenvalue weighted by Gasteiger charge is 2.39. The Morgan fingerprint density at radius 3 is 2.68 bits per heavy atom. The van der Waals surface area contributed by atoms with Gasteiger partial charge in [-0.2, -0.15) is 0 Å². The van der Waals surface area contributed by atoms with Crippen LogP contribution in [0.3, 0.4) is 0 Å². The van der Waals surface area contributed by atoms with Crippen molar-refractivity contribution in [3.63, 3.8) is 0 Å². The van der Waals surface area contributed by atoms with E-state index in [9.17, 15) is 14.7 Å². The zero-order valence-corrected chi connectivity index (χ0v) is 12.3. The van der Waals surface area contributed by atoms with Crippen molar-refractivity contribution < 1.29 is 19.4 Å². The number of carboxylic acid groups (broad SMARTS) is 1. The molecule has 0 aromatic heterocycles. The number of ketones is 1. The van der Waals surface area contributed by atoms with E-state index in [2.05, 4.69) is 0 Å². The van der Waals surface area contributed by atoms with E-state index in [0.29, 0.717) is 10.6 Å². The molecule has 1 N–H and O–H groups in total. The Bertz CT molecular complexity index is 580. The quantitative estimate of drug-likeness (QED) is 0.907. The molecule has 6 heteroatoms. The van der Waals surface area contributed by atoms with Crippen LogP contribution in [0, 0.1) is 5.41 Å². The number of rotatable bonds is 2. The van der Waals surface area contributed by atoms with Crippen molar-refractivity contribution in [2.45, 2.75) is 18.7 Å². The van der Waals surface area contributed by atoms with Crippen LogP contribution in [0.25, 0.3) is 0 Å². The molecular weight excluding hydrogens is 288 g/mol. The van der Waals surface area contributed by atoms with Crippen molar-refractivity contribution in [1.82, 2.24) is 0 Å². The van der Waals surface area contributed by atoms with Crippen LogP contribution in [0.1, 0.15) is 34.6 Å². The van der Waals surface area contributed by atoms with Gasteiger partial charge in [0.1, 0.15) is 11.3 Å². The van der Waals surface area contributed by atoms with Crippen LogP contribution in [-0.2, 0) is 0 Å². The number of halogens is 1. The van der Waals surface area contributed by atoms with Crippen LogP contribution < -0.4 is 4.74 Å². The number of hydrogen-bond donors (Lipinski definition) is 1. The van der Waals surface area contributed by atoms with Crippen LogP contribution in [-0.4, -0.2) is 29.7 Å². The molecule has 0 saturated carbocycles. The number of fused-ring (bicyclic) bond motifs is 1. The van der Waals surface area contributed by atoms with E-state index >= 15 is 0 Å². The van der Waals surface area contributed by atoms with Crippen LogP contribution in [0.2, 0.25) is 5.02 Å². The summed E-state index contributed by atoms with van der Waals surface area (Å²) in [5, 5.41) is 9.46. The summed E-state index contributed by atoms with van der Waals surface area (Å²) in [4.78, 5) is 24.3. The molecule has 0 saturated heterocycles. The van der Waals surface area contributed by atoms with Crippen molar-refractivity contribution in [1.29, 1.82) is 0 Å². The number of carbonyl (C=O) groups is 2. The average Bonchev–Trinajstić information content (AvgIpc) is 2.33. The second-order valence-corrected chi connectivity index (χ2v) is 6.34. The fourth-order valence-electron chi connectivity index (χ4n) is 1.99. The van der Waals surface area contributed by atoms with E-state index in [1.165, 1.54) is 24.9 Å². The van der Waals surface area contributed by atoms with Gasteiger partial charge in [0.25, 0.3) is 0 Å². The largest absolute Gasteiger partial charge is 0.495 e. The minimum atomic E-state index is -1.16. The molecule has 0 spiro atoms. The second-order valence-electron chi connectivity index (χ2n) is 4.95. The lowest BCUT2D eigenvalue weighted by molar-refractivity contribution is 0.0693. The number of thioether (sulfide) groups is 1. The maximum atomic E-state index is 12.5. The summed E-state index contributed by atoms with van der Waals surface area (Å²) in [6.07, 6.45) is 0. The Morgan fingerprint density at radius 2 is 2.16 bits per heavy atom. The smallest absolute Gasteiger partial charge is 0.339 e. The van der Waals surface area contributed by atoms with Gasteiger partial charge in [0, 0.05) is 16.1 Å². The number of Topliss-reactive ketones (excluding diaryl/α,β-unsaturated/α-hetero) is 1. The van der Waals surface area contributed by atoms with Crippen molar-refractivity contribution in [2.24, 2.45) is 5.41 Å². The number of aromatic carboxylic acids is 1. The predicted molar refractivity (Wildman–Crippen MR) is 73.8 cm³/mol. The lowest BCUT2D eigenvalue weighted by Gasteiger charge is -2.31. The minimum Gasteiger partial charge on any atom is -0.495 e. The molecule has 1 aliphatic rings.